The van der Waals surface area contributed by atoms with Crippen molar-refractivity contribution in [3.05, 3.63) is 79.9 Å². The first kappa shape index (κ1) is 16.6. The molecule has 0 atom stereocenters. The van der Waals surface area contributed by atoms with Crippen molar-refractivity contribution < 1.29 is 9.85 Å². The minimum Gasteiger partial charge on any atom is -0.258 e. The molecule has 22 heavy (non-hydrogen) atoms. The summed E-state index contributed by atoms with van der Waals surface area (Å²) < 4.78 is -0.628. The zero-order valence-electron chi connectivity index (χ0n) is 11.1. The van der Waals surface area contributed by atoms with Crippen LogP contribution in [0.5, 0.6) is 0 Å². The summed E-state index contributed by atoms with van der Waals surface area (Å²) in [6.07, 6.45) is 0. The molecule has 0 aliphatic heterocycles. The first-order valence-electron chi connectivity index (χ1n) is 6.13. The molecule has 0 spiro atoms. The van der Waals surface area contributed by atoms with Gasteiger partial charge in [-0.3, -0.25) is 20.2 Å². The highest BCUT2D eigenvalue weighted by molar-refractivity contribution is 9.12. The fraction of sp³-hybridized carbons (Fsp3) is 0.143. The van der Waals surface area contributed by atoms with Crippen LogP contribution < -0.4 is 0 Å². The van der Waals surface area contributed by atoms with Crippen molar-refractivity contribution in [2.45, 2.75) is 4.32 Å². The Morgan fingerprint density at radius 2 is 1.14 bits per heavy atom. The minimum absolute atomic E-state index is 0.0110. The third-order valence-corrected chi connectivity index (χ3v) is 6.05. The molecule has 2 rings (SSSR count). The number of nitro benzene ring substituents is 2. The molecule has 0 saturated carbocycles. The van der Waals surface area contributed by atoms with Gasteiger partial charge in [-0.05, 0) is 11.1 Å². The molecule has 0 aliphatic rings. The molecule has 8 heteroatoms. The fourth-order valence-corrected chi connectivity index (χ4v) is 3.19. The van der Waals surface area contributed by atoms with Crippen LogP contribution in [0.4, 0.5) is 11.4 Å². The highest BCUT2D eigenvalue weighted by Gasteiger charge is 2.31. The second-order valence-corrected chi connectivity index (χ2v) is 6.46. The van der Waals surface area contributed by atoms with Crippen LogP contribution in [0.25, 0.3) is 0 Å². The lowest BCUT2D eigenvalue weighted by Crippen LogP contribution is -2.21. The Hall–Kier alpha value is -1.80. The predicted molar refractivity (Wildman–Crippen MR) is 89.7 cm³/mol. The van der Waals surface area contributed by atoms with E-state index in [2.05, 4.69) is 31.9 Å². The summed E-state index contributed by atoms with van der Waals surface area (Å²) in [5, 5.41) is 21.9. The van der Waals surface area contributed by atoms with E-state index in [0.717, 1.165) is 11.1 Å². The van der Waals surface area contributed by atoms with E-state index in [0.29, 0.717) is 5.33 Å². The topological polar surface area (TPSA) is 86.3 Å². The Morgan fingerprint density at radius 1 is 0.818 bits per heavy atom. The van der Waals surface area contributed by atoms with E-state index in [1.165, 1.54) is 24.3 Å². The maximum absolute atomic E-state index is 10.7. The number of nitrogens with zero attached hydrogens (tertiary/aromatic N) is 2. The maximum Gasteiger partial charge on any atom is 0.269 e. The molecule has 0 N–H and O–H groups in total. The highest BCUT2D eigenvalue weighted by atomic mass is 79.9. The average molecular weight is 430 g/mol. The van der Waals surface area contributed by atoms with Crippen molar-refractivity contribution in [1.29, 1.82) is 0 Å². The standard InChI is InChI=1S/C14H10Br2N2O4/c15-9-14(16,10-1-5-12(6-2-10)17(19)20)11-3-7-13(8-4-11)18(21)22/h1-8H,9H2. The van der Waals surface area contributed by atoms with Crippen molar-refractivity contribution in [1.82, 2.24) is 0 Å². The molecule has 0 heterocycles. The van der Waals surface area contributed by atoms with E-state index in [-0.39, 0.29) is 11.4 Å². The molecule has 0 aliphatic carbocycles. The van der Waals surface area contributed by atoms with E-state index in [9.17, 15) is 20.2 Å². The van der Waals surface area contributed by atoms with Crippen LogP contribution in [-0.4, -0.2) is 15.2 Å². The van der Waals surface area contributed by atoms with Crippen molar-refractivity contribution in [2.75, 3.05) is 5.33 Å². The molecule has 114 valence electrons. The van der Waals surface area contributed by atoms with Gasteiger partial charge in [0.05, 0.1) is 14.2 Å². The zero-order valence-corrected chi connectivity index (χ0v) is 14.3. The number of nitro groups is 2. The minimum atomic E-state index is -0.628. The SMILES string of the molecule is O=[N+]([O-])c1ccc(C(Br)(CBr)c2ccc([N+](=O)[O-])cc2)cc1. The van der Waals surface area contributed by atoms with Crippen molar-refractivity contribution in [3.8, 4) is 0 Å². The number of hydrogen-bond donors (Lipinski definition) is 0. The summed E-state index contributed by atoms with van der Waals surface area (Å²) in [6.45, 7) is 0. The highest BCUT2D eigenvalue weighted by Crippen LogP contribution is 2.41. The molecule has 0 amide bonds. The molecule has 0 aromatic heterocycles. The van der Waals surface area contributed by atoms with Crippen LogP contribution in [0, 0.1) is 20.2 Å². The summed E-state index contributed by atoms with van der Waals surface area (Å²) >= 11 is 7.06. The van der Waals surface area contributed by atoms with Gasteiger partial charge in [-0.15, -0.1) is 0 Å². The van der Waals surface area contributed by atoms with Gasteiger partial charge < -0.3 is 0 Å². The van der Waals surface area contributed by atoms with Gasteiger partial charge in [-0.1, -0.05) is 56.1 Å². The van der Waals surface area contributed by atoms with Crippen LogP contribution in [0.15, 0.2) is 48.5 Å². The molecule has 0 bridgehead atoms. The number of alkyl halides is 2. The second-order valence-electron chi connectivity index (χ2n) is 4.54. The van der Waals surface area contributed by atoms with Gasteiger partial charge in [-0.25, -0.2) is 0 Å². The molecule has 0 unspecified atom stereocenters. The summed E-state index contributed by atoms with van der Waals surface area (Å²) in [6, 6.07) is 12.4. The average Bonchev–Trinajstić information content (AvgIpc) is 2.54. The lowest BCUT2D eigenvalue weighted by Gasteiger charge is -2.26. The molecular weight excluding hydrogens is 420 g/mol. The van der Waals surface area contributed by atoms with Gasteiger partial charge in [0.1, 0.15) is 0 Å². The Kier molecular flexibility index (Phi) is 4.92. The third kappa shape index (κ3) is 3.17. The molecule has 0 saturated heterocycles. The summed E-state index contributed by atoms with van der Waals surface area (Å²) in [7, 11) is 0. The molecule has 0 fully saturated rings. The lowest BCUT2D eigenvalue weighted by molar-refractivity contribution is -0.385. The Balaban J connectivity index is 2.42. The summed E-state index contributed by atoms with van der Waals surface area (Å²) in [5.41, 5.74) is 1.64. The number of halogens is 2. The van der Waals surface area contributed by atoms with E-state index in [1.54, 1.807) is 24.3 Å². The number of non-ortho nitro benzene ring substituents is 2. The van der Waals surface area contributed by atoms with Crippen molar-refractivity contribution >= 4 is 43.2 Å². The van der Waals surface area contributed by atoms with E-state index >= 15 is 0 Å². The predicted octanol–water partition coefficient (Wildman–Crippen LogP) is 4.54. The van der Waals surface area contributed by atoms with E-state index in [4.69, 9.17) is 0 Å². The normalized spacial score (nSPS) is 11.2. The van der Waals surface area contributed by atoms with Gasteiger partial charge in [0.25, 0.3) is 11.4 Å². The molecule has 0 radical (unpaired) electrons. The first-order valence-corrected chi connectivity index (χ1v) is 8.04. The van der Waals surface area contributed by atoms with Gasteiger partial charge in [0, 0.05) is 29.6 Å². The lowest BCUT2D eigenvalue weighted by atomic mass is 9.92. The number of hydrogen-bond acceptors (Lipinski definition) is 4. The van der Waals surface area contributed by atoms with Crippen LogP contribution in [0.1, 0.15) is 11.1 Å². The Bertz CT molecular complexity index is 644. The van der Waals surface area contributed by atoms with Crippen molar-refractivity contribution in [3.63, 3.8) is 0 Å². The smallest absolute Gasteiger partial charge is 0.258 e. The molecule has 2 aromatic rings. The second kappa shape index (κ2) is 6.53. The van der Waals surface area contributed by atoms with Gasteiger partial charge in [-0.2, -0.15) is 0 Å². The van der Waals surface area contributed by atoms with Crippen LogP contribution in [0.2, 0.25) is 0 Å². The van der Waals surface area contributed by atoms with Gasteiger partial charge in [0.2, 0.25) is 0 Å². The van der Waals surface area contributed by atoms with Gasteiger partial charge >= 0.3 is 0 Å². The van der Waals surface area contributed by atoms with E-state index < -0.39 is 14.2 Å². The molecule has 6 nitrogen and oxygen atoms in total. The van der Waals surface area contributed by atoms with Crippen molar-refractivity contribution in [2.24, 2.45) is 0 Å². The quantitative estimate of drug-likeness (QED) is 0.396. The van der Waals surface area contributed by atoms with Crippen LogP contribution in [-0.2, 0) is 4.32 Å². The summed E-state index contributed by atoms with van der Waals surface area (Å²) in [5.74, 6) is 0. The first-order chi connectivity index (χ1) is 10.4. The Morgan fingerprint density at radius 3 is 1.36 bits per heavy atom. The van der Waals surface area contributed by atoms with E-state index in [1.807, 2.05) is 0 Å². The van der Waals surface area contributed by atoms with Crippen LogP contribution in [0.3, 0.4) is 0 Å². The van der Waals surface area contributed by atoms with Gasteiger partial charge in [0.15, 0.2) is 0 Å². The maximum atomic E-state index is 10.7. The van der Waals surface area contributed by atoms with Crippen LogP contribution >= 0.6 is 31.9 Å². The zero-order chi connectivity index (χ0) is 16.3. The fourth-order valence-electron chi connectivity index (χ4n) is 2.02. The molecule has 2 aromatic carbocycles. The number of rotatable bonds is 5. The monoisotopic (exact) mass is 428 g/mol. The number of benzene rings is 2. The summed E-state index contributed by atoms with van der Waals surface area (Å²) in [4.78, 5) is 20.5. The third-order valence-electron chi connectivity index (χ3n) is 3.26. The largest absolute Gasteiger partial charge is 0.269 e. The molecular formula is C14H10Br2N2O4. The Labute approximate surface area is 142 Å².